The average Bonchev–Trinajstić information content (AvgIpc) is 2.84. The van der Waals surface area contributed by atoms with Crippen LogP contribution >= 0.6 is 0 Å². The molecule has 0 spiro atoms. The highest BCUT2D eigenvalue weighted by atomic mass is 16.3. The second-order valence-electron chi connectivity index (χ2n) is 5.57. The molecule has 102 valence electrons. The Morgan fingerprint density at radius 2 is 1.89 bits per heavy atom. The molecule has 0 saturated heterocycles. The van der Waals surface area contributed by atoms with Gasteiger partial charge in [0.1, 0.15) is 5.60 Å². The van der Waals surface area contributed by atoms with Crippen molar-refractivity contribution >= 4 is 0 Å². The smallest absolute Gasteiger partial charge is 0.101 e. The second-order valence-corrected chi connectivity index (χ2v) is 5.57. The van der Waals surface area contributed by atoms with Gasteiger partial charge in [-0.1, -0.05) is 32.0 Å². The number of para-hydroxylation sites is 1. The van der Waals surface area contributed by atoms with Gasteiger partial charge < -0.3 is 5.11 Å². The van der Waals surface area contributed by atoms with Crippen LogP contribution in [0.5, 0.6) is 0 Å². The van der Waals surface area contributed by atoms with Crippen LogP contribution in [0.25, 0.3) is 5.69 Å². The molecule has 0 aliphatic rings. The summed E-state index contributed by atoms with van der Waals surface area (Å²) in [5.41, 5.74) is 1.93. The molecule has 3 nitrogen and oxygen atoms in total. The molecule has 1 aromatic carbocycles. The van der Waals surface area contributed by atoms with Gasteiger partial charge in [0.15, 0.2) is 0 Å². The first-order valence-corrected chi connectivity index (χ1v) is 6.81. The van der Waals surface area contributed by atoms with Gasteiger partial charge >= 0.3 is 0 Å². The van der Waals surface area contributed by atoms with Crippen LogP contribution in [0.2, 0.25) is 0 Å². The molecule has 2 aromatic rings. The van der Waals surface area contributed by atoms with E-state index in [9.17, 15) is 5.11 Å². The van der Waals surface area contributed by atoms with Crippen LogP contribution in [0.4, 0.5) is 0 Å². The van der Waals surface area contributed by atoms with E-state index < -0.39 is 5.60 Å². The van der Waals surface area contributed by atoms with Crippen LogP contribution in [0.3, 0.4) is 0 Å². The van der Waals surface area contributed by atoms with E-state index in [4.69, 9.17) is 0 Å². The van der Waals surface area contributed by atoms with Gasteiger partial charge in [0.2, 0.25) is 0 Å². The first-order valence-electron chi connectivity index (χ1n) is 6.81. The van der Waals surface area contributed by atoms with E-state index in [1.165, 1.54) is 0 Å². The Hall–Kier alpha value is -1.61. The zero-order valence-corrected chi connectivity index (χ0v) is 12.1. The van der Waals surface area contributed by atoms with E-state index in [2.05, 4.69) is 18.9 Å². The first-order chi connectivity index (χ1) is 8.93. The molecule has 0 aliphatic heterocycles. The Morgan fingerprint density at radius 1 is 1.26 bits per heavy atom. The van der Waals surface area contributed by atoms with E-state index >= 15 is 0 Å². The minimum Gasteiger partial charge on any atom is -0.384 e. The minimum absolute atomic E-state index is 0.395. The molecule has 1 unspecified atom stereocenters. The third-order valence-electron chi connectivity index (χ3n) is 3.47. The molecule has 19 heavy (non-hydrogen) atoms. The monoisotopic (exact) mass is 258 g/mol. The van der Waals surface area contributed by atoms with Crippen molar-refractivity contribution < 1.29 is 5.11 Å². The summed E-state index contributed by atoms with van der Waals surface area (Å²) >= 11 is 0. The normalized spacial score (nSPS) is 13.5. The largest absolute Gasteiger partial charge is 0.384 e. The zero-order valence-electron chi connectivity index (χ0n) is 12.1. The van der Waals surface area contributed by atoms with E-state index in [1.807, 2.05) is 41.1 Å². The molecular formula is C16H22N2O. The SMILES string of the molecule is CCC(C)c1cc(C(C)(C)O)n(-c2ccccc2)n1. The zero-order chi connectivity index (χ0) is 14.0. The van der Waals surface area contributed by atoms with Gasteiger partial charge in [-0.05, 0) is 44.4 Å². The molecule has 0 fully saturated rings. The number of hydrogen-bond donors (Lipinski definition) is 1. The van der Waals surface area contributed by atoms with Gasteiger partial charge in [0, 0.05) is 0 Å². The van der Waals surface area contributed by atoms with Crippen LogP contribution in [0.1, 0.15) is 51.4 Å². The lowest BCUT2D eigenvalue weighted by atomic mass is 10.0. The maximum atomic E-state index is 10.3. The number of aliphatic hydroxyl groups is 1. The van der Waals surface area contributed by atoms with Crippen LogP contribution in [0, 0.1) is 0 Å². The molecule has 2 rings (SSSR count). The van der Waals surface area contributed by atoms with E-state index in [0.717, 1.165) is 23.5 Å². The van der Waals surface area contributed by atoms with Crippen molar-refractivity contribution in [3.8, 4) is 5.69 Å². The Balaban J connectivity index is 2.56. The van der Waals surface area contributed by atoms with Crippen molar-refractivity contribution in [2.24, 2.45) is 0 Å². The van der Waals surface area contributed by atoms with E-state index in [0.29, 0.717) is 5.92 Å². The Morgan fingerprint density at radius 3 is 2.42 bits per heavy atom. The van der Waals surface area contributed by atoms with E-state index in [1.54, 1.807) is 13.8 Å². The molecule has 1 aromatic heterocycles. The molecule has 1 atom stereocenters. The topological polar surface area (TPSA) is 38.0 Å². The van der Waals surface area contributed by atoms with Crippen LogP contribution in [0.15, 0.2) is 36.4 Å². The summed E-state index contributed by atoms with van der Waals surface area (Å²) in [6.07, 6.45) is 1.04. The summed E-state index contributed by atoms with van der Waals surface area (Å²) in [5.74, 6) is 0.395. The second kappa shape index (κ2) is 5.17. The molecule has 3 heteroatoms. The molecular weight excluding hydrogens is 236 g/mol. The van der Waals surface area contributed by atoms with Crippen LogP contribution < -0.4 is 0 Å². The Labute approximate surface area is 114 Å². The quantitative estimate of drug-likeness (QED) is 0.909. The fourth-order valence-electron chi connectivity index (χ4n) is 2.05. The molecule has 0 saturated carbocycles. The highest BCUT2D eigenvalue weighted by Gasteiger charge is 2.24. The predicted octanol–water partition coefficient (Wildman–Crippen LogP) is 3.61. The minimum atomic E-state index is -0.908. The molecule has 0 radical (unpaired) electrons. The number of nitrogens with zero attached hydrogens (tertiary/aromatic N) is 2. The lowest BCUT2D eigenvalue weighted by molar-refractivity contribution is 0.0711. The molecule has 0 bridgehead atoms. The summed E-state index contributed by atoms with van der Waals surface area (Å²) in [7, 11) is 0. The van der Waals surface area contributed by atoms with Gasteiger partial charge in [-0.3, -0.25) is 0 Å². The average molecular weight is 258 g/mol. The number of aromatic nitrogens is 2. The van der Waals surface area contributed by atoms with Gasteiger partial charge in [-0.15, -0.1) is 0 Å². The summed E-state index contributed by atoms with van der Waals surface area (Å²) in [5, 5.41) is 15.0. The van der Waals surface area contributed by atoms with Gasteiger partial charge in [-0.25, -0.2) is 4.68 Å². The summed E-state index contributed by atoms with van der Waals surface area (Å²) in [6, 6.07) is 12.0. The Kier molecular flexibility index (Phi) is 3.76. The highest BCUT2D eigenvalue weighted by molar-refractivity contribution is 5.35. The summed E-state index contributed by atoms with van der Waals surface area (Å²) in [4.78, 5) is 0. The van der Waals surface area contributed by atoms with Crippen LogP contribution in [-0.4, -0.2) is 14.9 Å². The molecule has 1 N–H and O–H groups in total. The summed E-state index contributed by atoms with van der Waals surface area (Å²) < 4.78 is 1.85. The number of rotatable bonds is 4. The van der Waals surface area contributed by atoms with Gasteiger partial charge in [0.05, 0.1) is 17.1 Å². The molecule has 0 amide bonds. The van der Waals surface area contributed by atoms with Crippen molar-refractivity contribution in [1.82, 2.24) is 9.78 Å². The van der Waals surface area contributed by atoms with E-state index in [-0.39, 0.29) is 0 Å². The first kappa shape index (κ1) is 13.8. The standard InChI is InChI=1S/C16H22N2O/c1-5-12(2)14-11-15(16(3,4)19)18(17-14)13-9-7-6-8-10-13/h6-12,19H,5H2,1-4H3. The third-order valence-corrected chi connectivity index (χ3v) is 3.47. The lowest BCUT2D eigenvalue weighted by Gasteiger charge is -2.18. The lowest BCUT2D eigenvalue weighted by Crippen LogP contribution is -2.20. The van der Waals surface area contributed by atoms with Crippen LogP contribution in [-0.2, 0) is 5.60 Å². The van der Waals surface area contributed by atoms with Crippen molar-refractivity contribution in [2.75, 3.05) is 0 Å². The molecule has 0 aliphatic carbocycles. The number of benzene rings is 1. The summed E-state index contributed by atoms with van der Waals surface area (Å²) in [6.45, 7) is 7.90. The van der Waals surface area contributed by atoms with Crippen molar-refractivity contribution in [3.63, 3.8) is 0 Å². The van der Waals surface area contributed by atoms with Crippen molar-refractivity contribution in [1.29, 1.82) is 0 Å². The maximum Gasteiger partial charge on any atom is 0.101 e. The third kappa shape index (κ3) is 2.87. The maximum absolute atomic E-state index is 10.3. The fourth-order valence-corrected chi connectivity index (χ4v) is 2.05. The number of hydrogen-bond acceptors (Lipinski definition) is 2. The highest BCUT2D eigenvalue weighted by Crippen LogP contribution is 2.27. The van der Waals surface area contributed by atoms with Gasteiger partial charge in [-0.2, -0.15) is 5.10 Å². The Bertz CT molecular complexity index is 538. The van der Waals surface area contributed by atoms with Crippen molar-refractivity contribution in [2.45, 2.75) is 45.6 Å². The van der Waals surface area contributed by atoms with Crippen molar-refractivity contribution in [3.05, 3.63) is 47.8 Å². The fraction of sp³-hybridized carbons (Fsp3) is 0.438. The molecule has 1 heterocycles. The predicted molar refractivity (Wildman–Crippen MR) is 77.5 cm³/mol. The van der Waals surface area contributed by atoms with Gasteiger partial charge in [0.25, 0.3) is 0 Å².